The summed E-state index contributed by atoms with van der Waals surface area (Å²) in [5.74, 6) is -0.771. The first-order chi connectivity index (χ1) is 14.8. The average Bonchev–Trinajstić information content (AvgIpc) is 3.03. The predicted octanol–water partition coefficient (Wildman–Crippen LogP) is 5.51. The normalized spacial score (nSPS) is 15.9. The number of hydrogen-bond donors (Lipinski definition) is 2. The summed E-state index contributed by atoms with van der Waals surface area (Å²) in [5.41, 5.74) is 1.21. The van der Waals surface area contributed by atoms with Gasteiger partial charge >= 0.3 is 5.97 Å². The van der Waals surface area contributed by atoms with Crippen molar-refractivity contribution in [2.75, 3.05) is 13.2 Å². The Labute approximate surface area is 200 Å². The van der Waals surface area contributed by atoms with Gasteiger partial charge in [0.15, 0.2) is 23.3 Å². The van der Waals surface area contributed by atoms with Gasteiger partial charge in [0, 0.05) is 0 Å². The number of carbonyl (C=O) groups is 2. The van der Waals surface area contributed by atoms with E-state index in [0.717, 1.165) is 0 Å². The summed E-state index contributed by atoms with van der Waals surface area (Å²) in [4.78, 5) is 28.0. The standard InChI is InChI=1S/C20H15BrCl2N2O5S/c1-2-29-15-6-10(5-12(21)18(15)30-9-17(26)27)7-16-19(28)25-20(31-16)24-11-3-4-13(22)14(23)8-11/h3-8H,2,9H2,1H3,(H,26,27)(H,24,25,28)/b16-7+. The monoisotopic (exact) mass is 544 g/mol. The van der Waals surface area contributed by atoms with Crippen LogP contribution in [0.5, 0.6) is 11.5 Å². The van der Waals surface area contributed by atoms with Gasteiger partial charge in [-0.3, -0.25) is 4.79 Å². The van der Waals surface area contributed by atoms with Crippen LogP contribution in [0, 0.1) is 0 Å². The van der Waals surface area contributed by atoms with Crippen molar-refractivity contribution in [3.63, 3.8) is 0 Å². The molecule has 0 aliphatic carbocycles. The minimum absolute atomic E-state index is 0.275. The van der Waals surface area contributed by atoms with Crippen molar-refractivity contribution in [2.45, 2.75) is 6.92 Å². The first-order valence-electron chi connectivity index (χ1n) is 8.82. The van der Waals surface area contributed by atoms with Gasteiger partial charge in [-0.05, 0) is 76.6 Å². The van der Waals surface area contributed by atoms with Crippen molar-refractivity contribution in [2.24, 2.45) is 4.99 Å². The highest BCUT2D eigenvalue weighted by Gasteiger charge is 2.24. The van der Waals surface area contributed by atoms with Gasteiger partial charge in [0.25, 0.3) is 5.91 Å². The molecule has 2 aromatic carbocycles. The Balaban J connectivity index is 1.86. The van der Waals surface area contributed by atoms with Crippen molar-refractivity contribution in [1.82, 2.24) is 5.32 Å². The van der Waals surface area contributed by atoms with Crippen LogP contribution in [-0.2, 0) is 9.59 Å². The number of carboxylic acid groups (broad SMARTS) is 1. The number of rotatable bonds is 7. The summed E-state index contributed by atoms with van der Waals surface area (Å²) >= 11 is 16.5. The molecule has 2 N–H and O–H groups in total. The molecule has 0 aromatic heterocycles. The average molecular weight is 546 g/mol. The molecule has 7 nitrogen and oxygen atoms in total. The third-order valence-corrected chi connectivity index (χ3v) is 5.99. The molecule has 1 amide bonds. The number of amidine groups is 1. The Kier molecular flexibility index (Phi) is 7.88. The summed E-state index contributed by atoms with van der Waals surface area (Å²) in [6, 6.07) is 8.29. The molecule has 0 spiro atoms. The third kappa shape index (κ3) is 6.16. The van der Waals surface area contributed by atoms with Gasteiger partial charge in [-0.2, -0.15) is 0 Å². The van der Waals surface area contributed by atoms with Gasteiger partial charge < -0.3 is 19.9 Å². The second kappa shape index (κ2) is 10.4. The fourth-order valence-electron chi connectivity index (χ4n) is 2.51. The highest BCUT2D eigenvalue weighted by molar-refractivity contribution is 9.10. The van der Waals surface area contributed by atoms with Crippen molar-refractivity contribution < 1.29 is 24.2 Å². The molecule has 0 atom stereocenters. The molecule has 3 rings (SSSR count). The summed E-state index contributed by atoms with van der Waals surface area (Å²) in [6.07, 6.45) is 1.67. The molecule has 1 heterocycles. The van der Waals surface area contributed by atoms with Crippen LogP contribution in [0.3, 0.4) is 0 Å². The summed E-state index contributed by atoms with van der Waals surface area (Å²) < 4.78 is 11.4. The summed E-state index contributed by atoms with van der Waals surface area (Å²) in [5, 5.41) is 12.7. The van der Waals surface area contributed by atoms with E-state index in [2.05, 4.69) is 26.2 Å². The van der Waals surface area contributed by atoms with Crippen molar-refractivity contribution in [1.29, 1.82) is 0 Å². The zero-order chi connectivity index (χ0) is 22.5. The molecule has 0 unspecified atom stereocenters. The van der Waals surface area contributed by atoms with Crippen LogP contribution in [0.1, 0.15) is 12.5 Å². The van der Waals surface area contributed by atoms with Gasteiger partial charge in [0.1, 0.15) is 0 Å². The van der Waals surface area contributed by atoms with Crippen molar-refractivity contribution >= 4 is 79.7 Å². The number of hydrogen-bond acceptors (Lipinski definition) is 6. The fourth-order valence-corrected chi connectivity index (χ4v) is 4.22. The van der Waals surface area contributed by atoms with Crippen LogP contribution in [0.2, 0.25) is 10.0 Å². The predicted molar refractivity (Wildman–Crippen MR) is 126 cm³/mol. The van der Waals surface area contributed by atoms with Gasteiger partial charge in [-0.1, -0.05) is 23.2 Å². The van der Waals surface area contributed by atoms with Gasteiger partial charge in [-0.15, -0.1) is 0 Å². The molecule has 1 saturated heterocycles. The van der Waals surface area contributed by atoms with Crippen LogP contribution in [0.4, 0.5) is 5.69 Å². The number of carbonyl (C=O) groups excluding carboxylic acids is 1. The highest BCUT2D eigenvalue weighted by Crippen LogP contribution is 2.38. The van der Waals surface area contributed by atoms with E-state index in [0.29, 0.717) is 48.2 Å². The van der Waals surface area contributed by atoms with Crippen LogP contribution in [0.15, 0.2) is 44.7 Å². The van der Waals surface area contributed by atoms with E-state index in [1.807, 2.05) is 0 Å². The maximum Gasteiger partial charge on any atom is 0.341 e. The van der Waals surface area contributed by atoms with Crippen LogP contribution in [-0.4, -0.2) is 35.4 Å². The number of aliphatic carboxylic acids is 1. The van der Waals surface area contributed by atoms with Crippen LogP contribution in [0.25, 0.3) is 6.08 Å². The molecular formula is C20H15BrCl2N2O5S. The van der Waals surface area contributed by atoms with Crippen LogP contribution < -0.4 is 14.8 Å². The van der Waals surface area contributed by atoms with Gasteiger partial charge in [0.2, 0.25) is 0 Å². The lowest BCUT2D eigenvalue weighted by atomic mass is 10.2. The number of nitrogens with zero attached hydrogens (tertiary/aromatic N) is 1. The van der Waals surface area contributed by atoms with Crippen molar-refractivity contribution in [3.8, 4) is 11.5 Å². The summed E-state index contributed by atoms with van der Waals surface area (Å²) in [6.45, 7) is 1.64. The number of benzene rings is 2. The third-order valence-electron chi connectivity index (χ3n) is 3.75. The van der Waals surface area contributed by atoms with E-state index >= 15 is 0 Å². The van der Waals surface area contributed by atoms with Crippen molar-refractivity contribution in [3.05, 3.63) is 55.3 Å². The molecule has 162 valence electrons. The smallest absolute Gasteiger partial charge is 0.341 e. The Morgan fingerprint density at radius 3 is 2.71 bits per heavy atom. The maximum atomic E-state index is 12.4. The van der Waals surface area contributed by atoms with E-state index in [1.54, 1.807) is 43.3 Å². The molecule has 0 bridgehead atoms. The molecule has 0 radical (unpaired) electrons. The Morgan fingerprint density at radius 2 is 2.03 bits per heavy atom. The zero-order valence-electron chi connectivity index (χ0n) is 15.9. The Bertz CT molecular complexity index is 1110. The lowest BCUT2D eigenvalue weighted by molar-refractivity contribution is -0.139. The second-order valence-corrected chi connectivity index (χ2v) is 8.72. The number of ether oxygens (including phenoxy) is 2. The lowest BCUT2D eigenvalue weighted by Gasteiger charge is -2.13. The number of aliphatic imine (C=N–C) groups is 1. The molecule has 31 heavy (non-hydrogen) atoms. The van der Waals surface area contributed by atoms with Gasteiger partial charge in [0.05, 0.1) is 31.7 Å². The van der Waals surface area contributed by atoms with E-state index in [1.165, 1.54) is 11.8 Å². The highest BCUT2D eigenvalue weighted by atomic mass is 79.9. The molecule has 11 heteroatoms. The molecule has 2 aromatic rings. The summed E-state index contributed by atoms with van der Waals surface area (Å²) in [7, 11) is 0. The van der Waals surface area contributed by atoms with E-state index < -0.39 is 12.6 Å². The Morgan fingerprint density at radius 1 is 1.26 bits per heavy atom. The number of thioether (sulfide) groups is 1. The fraction of sp³-hybridized carbons (Fsp3) is 0.150. The number of halogens is 3. The quantitative estimate of drug-likeness (QED) is 0.445. The molecule has 0 saturated carbocycles. The SMILES string of the molecule is CCOc1cc(/C=C2/SC(=Nc3ccc(Cl)c(Cl)c3)NC2=O)cc(Br)c1OCC(=O)O. The largest absolute Gasteiger partial charge is 0.490 e. The van der Waals surface area contributed by atoms with Gasteiger partial charge in [-0.25, -0.2) is 9.79 Å². The number of carboxylic acids is 1. The molecule has 1 fully saturated rings. The Hall–Kier alpha value is -2.20. The molecule has 1 aliphatic heterocycles. The zero-order valence-corrected chi connectivity index (χ0v) is 19.9. The first kappa shape index (κ1) is 23.5. The van der Waals surface area contributed by atoms with Crippen LogP contribution >= 0.6 is 50.9 Å². The number of nitrogens with one attached hydrogen (secondary N) is 1. The minimum atomic E-state index is -1.10. The molecular weight excluding hydrogens is 531 g/mol. The van der Waals surface area contributed by atoms with E-state index in [-0.39, 0.29) is 11.7 Å². The molecule has 1 aliphatic rings. The van der Waals surface area contributed by atoms with E-state index in [4.69, 9.17) is 37.8 Å². The topological polar surface area (TPSA) is 97.2 Å². The maximum absolute atomic E-state index is 12.4. The second-order valence-electron chi connectivity index (χ2n) is 6.03. The van der Waals surface area contributed by atoms with E-state index in [9.17, 15) is 9.59 Å². The first-order valence-corrected chi connectivity index (χ1v) is 11.2. The minimum Gasteiger partial charge on any atom is -0.490 e. The number of amides is 1. The lowest BCUT2D eigenvalue weighted by Crippen LogP contribution is -2.19.